The number of amides is 1. The molecule has 0 radical (unpaired) electrons. The fourth-order valence-corrected chi connectivity index (χ4v) is 0.991. The lowest BCUT2D eigenvalue weighted by molar-refractivity contribution is -0.139. The maximum atomic E-state index is 11.1. The van der Waals surface area contributed by atoms with Gasteiger partial charge in [-0.15, -0.1) is 0 Å². The Labute approximate surface area is 119 Å². The van der Waals surface area contributed by atoms with Crippen LogP contribution in [0.2, 0.25) is 0 Å². The molecular formula is C14H21NO5. The number of methoxy groups -OCH3 is 2. The standard InChI is InChI=1S/C11H13NO4.C3H8O/c1-15-10(13)7-12-11(14)16-8-9-5-3-2-4-6-9;1-3-4-2/h2-6H,7-8H2,1H3,(H,12,14);3H2,1-2H3. The van der Waals surface area contributed by atoms with Crippen molar-refractivity contribution >= 4 is 12.1 Å². The zero-order valence-electron chi connectivity index (χ0n) is 12.0. The van der Waals surface area contributed by atoms with Crippen LogP contribution in [-0.2, 0) is 25.6 Å². The summed E-state index contributed by atoms with van der Waals surface area (Å²) in [5, 5.41) is 2.27. The number of benzene rings is 1. The van der Waals surface area contributed by atoms with Gasteiger partial charge in [0.2, 0.25) is 0 Å². The van der Waals surface area contributed by atoms with E-state index in [1.54, 1.807) is 7.11 Å². The van der Waals surface area contributed by atoms with Crippen LogP contribution in [0.3, 0.4) is 0 Å². The van der Waals surface area contributed by atoms with Crippen molar-refractivity contribution in [3.8, 4) is 0 Å². The fraction of sp³-hybridized carbons (Fsp3) is 0.429. The van der Waals surface area contributed by atoms with Crippen LogP contribution in [0.5, 0.6) is 0 Å². The number of carbonyl (C=O) groups excluding carboxylic acids is 2. The van der Waals surface area contributed by atoms with Crippen LogP contribution in [-0.4, -0.2) is 39.4 Å². The predicted molar refractivity (Wildman–Crippen MR) is 74.2 cm³/mol. The van der Waals surface area contributed by atoms with Gasteiger partial charge < -0.3 is 19.5 Å². The summed E-state index contributed by atoms with van der Waals surface area (Å²) in [6, 6.07) is 9.26. The molecule has 0 unspecified atom stereocenters. The Hall–Kier alpha value is -2.08. The molecule has 0 saturated heterocycles. The van der Waals surface area contributed by atoms with E-state index in [4.69, 9.17) is 4.74 Å². The largest absolute Gasteiger partial charge is 0.468 e. The number of nitrogens with one attached hydrogen (secondary N) is 1. The first-order chi connectivity index (χ1) is 9.63. The first-order valence-electron chi connectivity index (χ1n) is 6.14. The maximum Gasteiger partial charge on any atom is 0.407 e. The second-order valence-electron chi connectivity index (χ2n) is 3.57. The van der Waals surface area contributed by atoms with Gasteiger partial charge in [0.15, 0.2) is 0 Å². The molecule has 0 fully saturated rings. The average molecular weight is 283 g/mol. The highest BCUT2D eigenvalue weighted by Gasteiger charge is 2.05. The Morgan fingerprint density at radius 3 is 2.25 bits per heavy atom. The van der Waals surface area contributed by atoms with Gasteiger partial charge in [0.05, 0.1) is 7.11 Å². The summed E-state index contributed by atoms with van der Waals surface area (Å²) >= 11 is 0. The molecule has 0 aromatic heterocycles. The van der Waals surface area contributed by atoms with E-state index in [1.165, 1.54) is 7.11 Å². The number of rotatable bonds is 5. The molecule has 6 heteroatoms. The van der Waals surface area contributed by atoms with Gasteiger partial charge in [-0.05, 0) is 12.5 Å². The zero-order valence-corrected chi connectivity index (χ0v) is 12.0. The van der Waals surface area contributed by atoms with Gasteiger partial charge in [0.1, 0.15) is 13.2 Å². The third-order valence-corrected chi connectivity index (χ3v) is 2.11. The molecule has 0 atom stereocenters. The SMILES string of the molecule is CCOC.COC(=O)CNC(=O)OCc1ccccc1. The quantitative estimate of drug-likeness (QED) is 0.833. The lowest BCUT2D eigenvalue weighted by Crippen LogP contribution is -2.30. The number of carbonyl (C=O) groups is 2. The van der Waals surface area contributed by atoms with Crippen LogP contribution >= 0.6 is 0 Å². The normalized spacial score (nSPS) is 8.95. The molecule has 1 amide bonds. The highest BCUT2D eigenvalue weighted by Crippen LogP contribution is 2.00. The van der Waals surface area contributed by atoms with Crippen molar-refractivity contribution in [1.82, 2.24) is 5.32 Å². The van der Waals surface area contributed by atoms with Crippen molar-refractivity contribution in [1.29, 1.82) is 0 Å². The Morgan fingerprint density at radius 1 is 1.15 bits per heavy atom. The van der Waals surface area contributed by atoms with E-state index in [-0.39, 0.29) is 13.2 Å². The molecule has 0 aliphatic rings. The van der Waals surface area contributed by atoms with Gasteiger partial charge in [-0.3, -0.25) is 4.79 Å². The number of esters is 1. The Kier molecular flexibility index (Phi) is 10.7. The highest BCUT2D eigenvalue weighted by atomic mass is 16.6. The summed E-state index contributed by atoms with van der Waals surface area (Å²) in [5.41, 5.74) is 0.885. The van der Waals surface area contributed by atoms with Crippen molar-refractivity contribution in [3.63, 3.8) is 0 Å². The van der Waals surface area contributed by atoms with Gasteiger partial charge in [-0.1, -0.05) is 30.3 Å². The molecule has 20 heavy (non-hydrogen) atoms. The van der Waals surface area contributed by atoms with Crippen molar-refractivity contribution in [2.45, 2.75) is 13.5 Å². The van der Waals surface area contributed by atoms with E-state index in [9.17, 15) is 9.59 Å². The van der Waals surface area contributed by atoms with Crippen molar-refractivity contribution < 1.29 is 23.8 Å². The predicted octanol–water partition coefficient (Wildman–Crippen LogP) is 1.74. The second-order valence-corrected chi connectivity index (χ2v) is 3.57. The summed E-state index contributed by atoms with van der Waals surface area (Å²) in [7, 11) is 2.93. The van der Waals surface area contributed by atoms with Crippen molar-refractivity contribution in [2.75, 3.05) is 27.4 Å². The van der Waals surface area contributed by atoms with Crippen LogP contribution in [0.1, 0.15) is 12.5 Å². The minimum absolute atomic E-state index is 0.174. The van der Waals surface area contributed by atoms with Crippen LogP contribution in [0, 0.1) is 0 Å². The Bertz CT molecular complexity index is 378. The van der Waals surface area contributed by atoms with Crippen LogP contribution in [0.4, 0.5) is 4.79 Å². The minimum atomic E-state index is -0.644. The molecule has 6 nitrogen and oxygen atoms in total. The third-order valence-electron chi connectivity index (χ3n) is 2.11. The summed E-state index contributed by atoms with van der Waals surface area (Å²) in [5.74, 6) is -0.517. The molecule has 0 aliphatic heterocycles. The molecule has 1 rings (SSSR count). The van der Waals surface area contributed by atoms with E-state index in [0.717, 1.165) is 12.2 Å². The number of hydrogen-bond donors (Lipinski definition) is 1. The van der Waals surface area contributed by atoms with Crippen LogP contribution in [0.15, 0.2) is 30.3 Å². The molecule has 1 aromatic carbocycles. The molecule has 0 heterocycles. The molecule has 0 bridgehead atoms. The zero-order chi connectivity index (χ0) is 15.2. The van der Waals surface area contributed by atoms with Crippen molar-refractivity contribution in [3.05, 3.63) is 35.9 Å². The van der Waals surface area contributed by atoms with Gasteiger partial charge >= 0.3 is 12.1 Å². The van der Waals surface area contributed by atoms with E-state index < -0.39 is 12.1 Å². The second kappa shape index (κ2) is 12.0. The third kappa shape index (κ3) is 9.90. The Balaban J connectivity index is 0.000000796. The Morgan fingerprint density at radius 2 is 1.75 bits per heavy atom. The first kappa shape index (κ1) is 17.9. The van der Waals surface area contributed by atoms with E-state index in [2.05, 4.69) is 14.8 Å². The van der Waals surface area contributed by atoms with Crippen LogP contribution < -0.4 is 5.32 Å². The number of alkyl carbamates (subject to hydrolysis) is 1. The van der Waals surface area contributed by atoms with E-state index in [0.29, 0.717) is 0 Å². The summed E-state index contributed by atoms with van der Waals surface area (Å²) in [4.78, 5) is 21.8. The van der Waals surface area contributed by atoms with Crippen LogP contribution in [0.25, 0.3) is 0 Å². The maximum absolute atomic E-state index is 11.1. The number of ether oxygens (including phenoxy) is 3. The molecule has 0 aliphatic carbocycles. The van der Waals surface area contributed by atoms with Gasteiger partial charge in [-0.2, -0.15) is 0 Å². The minimum Gasteiger partial charge on any atom is -0.468 e. The summed E-state index contributed by atoms with van der Waals surface area (Å²) in [6.07, 6.45) is -0.644. The molecule has 0 saturated carbocycles. The molecule has 1 N–H and O–H groups in total. The molecular weight excluding hydrogens is 262 g/mol. The van der Waals surface area contributed by atoms with Gasteiger partial charge in [0.25, 0.3) is 0 Å². The monoisotopic (exact) mass is 283 g/mol. The highest BCUT2D eigenvalue weighted by molar-refractivity contribution is 5.77. The molecule has 1 aromatic rings. The van der Waals surface area contributed by atoms with E-state index in [1.807, 2.05) is 37.3 Å². The molecule has 112 valence electrons. The first-order valence-corrected chi connectivity index (χ1v) is 6.14. The lowest BCUT2D eigenvalue weighted by atomic mass is 10.2. The smallest absolute Gasteiger partial charge is 0.407 e. The van der Waals surface area contributed by atoms with Gasteiger partial charge in [0, 0.05) is 13.7 Å². The van der Waals surface area contributed by atoms with E-state index >= 15 is 0 Å². The molecule has 0 spiro atoms. The lowest BCUT2D eigenvalue weighted by Gasteiger charge is -2.05. The fourth-order valence-electron chi connectivity index (χ4n) is 0.991. The summed E-state index contributed by atoms with van der Waals surface area (Å²) < 4.78 is 13.8. The average Bonchev–Trinajstić information content (AvgIpc) is 2.51. The number of hydrogen-bond acceptors (Lipinski definition) is 5. The van der Waals surface area contributed by atoms with Gasteiger partial charge in [-0.25, -0.2) is 4.79 Å². The topological polar surface area (TPSA) is 73.9 Å². The summed E-state index contributed by atoms with van der Waals surface area (Å²) in [6.45, 7) is 2.76. The van der Waals surface area contributed by atoms with Crippen molar-refractivity contribution in [2.24, 2.45) is 0 Å².